The Morgan fingerprint density at radius 1 is 1.50 bits per heavy atom. The van der Waals surface area contributed by atoms with Gasteiger partial charge >= 0.3 is 0 Å². The molecular weight excluding hydrogens is 270 g/mol. The first-order chi connectivity index (χ1) is 9.61. The maximum Gasteiger partial charge on any atom is 0.153 e. The summed E-state index contributed by atoms with van der Waals surface area (Å²) in [7, 11) is 0. The maximum atomic E-state index is 4.62. The molecule has 0 fully saturated rings. The van der Waals surface area contributed by atoms with Crippen molar-refractivity contribution in [3.05, 3.63) is 27.7 Å². The van der Waals surface area contributed by atoms with Crippen molar-refractivity contribution in [2.75, 3.05) is 0 Å². The Morgan fingerprint density at radius 2 is 2.35 bits per heavy atom. The van der Waals surface area contributed by atoms with Crippen LogP contribution in [-0.2, 0) is 19.5 Å². The van der Waals surface area contributed by atoms with Crippen LogP contribution in [-0.4, -0.2) is 25.8 Å². The SMILES string of the molecule is Cc1ncc(CN[C@@H]2CCc3nc(C(C)C)nn3C2)s1. The smallest absolute Gasteiger partial charge is 0.153 e. The first-order valence-corrected chi connectivity index (χ1v) is 8.02. The summed E-state index contributed by atoms with van der Waals surface area (Å²) in [5.74, 6) is 2.51. The number of thiazole rings is 1. The number of fused-ring (bicyclic) bond motifs is 1. The van der Waals surface area contributed by atoms with Crippen LogP contribution in [0.5, 0.6) is 0 Å². The van der Waals surface area contributed by atoms with E-state index in [0.717, 1.165) is 42.6 Å². The van der Waals surface area contributed by atoms with Gasteiger partial charge in [0.2, 0.25) is 0 Å². The highest BCUT2D eigenvalue weighted by atomic mass is 32.1. The molecule has 0 amide bonds. The minimum absolute atomic E-state index is 0.402. The van der Waals surface area contributed by atoms with Crippen LogP contribution >= 0.6 is 11.3 Å². The minimum atomic E-state index is 0.402. The fourth-order valence-corrected chi connectivity index (χ4v) is 3.22. The van der Waals surface area contributed by atoms with Crippen LogP contribution in [0.4, 0.5) is 0 Å². The number of hydrogen-bond acceptors (Lipinski definition) is 5. The number of aromatic nitrogens is 4. The Hall–Kier alpha value is -1.27. The van der Waals surface area contributed by atoms with Crippen LogP contribution in [0.15, 0.2) is 6.20 Å². The molecule has 20 heavy (non-hydrogen) atoms. The number of hydrogen-bond donors (Lipinski definition) is 1. The third-order valence-electron chi connectivity index (χ3n) is 3.62. The molecule has 0 aliphatic carbocycles. The van der Waals surface area contributed by atoms with Crippen LogP contribution < -0.4 is 5.32 Å². The second-order valence-electron chi connectivity index (χ2n) is 5.69. The van der Waals surface area contributed by atoms with Crippen molar-refractivity contribution in [2.45, 2.75) is 58.7 Å². The van der Waals surface area contributed by atoms with Crippen LogP contribution in [0, 0.1) is 6.92 Å². The van der Waals surface area contributed by atoms with Gasteiger partial charge in [-0.1, -0.05) is 13.8 Å². The summed E-state index contributed by atoms with van der Waals surface area (Å²) >= 11 is 1.76. The summed E-state index contributed by atoms with van der Waals surface area (Å²) in [5.41, 5.74) is 0. The van der Waals surface area contributed by atoms with Crippen molar-refractivity contribution in [1.82, 2.24) is 25.1 Å². The zero-order valence-electron chi connectivity index (χ0n) is 12.3. The molecule has 2 aromatic rings. The van der Waals surface area contributed by atoms with E-state index in [9.17, 15) is 0 Å². The Labute approximate surface area is 123 Å². The van der Waals surface area contributed by atoms with Crippen LogP contribution in [0.2, 0.25) is 0 Å². The van der Waals surface area contributed by atoms with E-state index in [0.29, 0.717) is 12.0 Å². The lowest BCUT2D eigenvalue weighted by atomic mass is 10.1. The normalized spacial score (nSPS) is 18.5. The molecule has 6 heteroatoms. The molecule has 0 aromatic carbocycles. The van der Waals surface area contributed by atoms with Crippen LogP contribution in [0.1, 0.15) is 47.7 Å². The molecule has 1 atom stereocenters. The van der Waals surface area contributed by atoms with Gasteiger partial charge in [-0.3, -0.25) is 0 Å². The van der Waals surface area contributed by atoms with Crippen LogP contribution in [0.25, 0.3) is 0 Å². The third-order valence-corrected chi connectivity index (χ3v) is 4.54. The average molecular weight is 291 g/mol. The Bertz CT molecular complexity index is 586. The van der Waals surface area contributed by atoms with Crippen molar-refractivity contribution < 1.29 is 0 Å². The number of rotatable bonds is 4. The molecule has 0 saturated heterocycles. The second kappa shape index (κ2) is 5.61. The Kier molecular flexibility index (Phi) is 3.85. The van der Waals surface area contributed by atoms with E-state index < -0.39 is 0 Å². The van der Waals surface area contributed by atoms with E-state index in [-0.39, 0.29) is 0 Å². The first-order valence-electron chi connectivity index (χ1n) is 7.20. The molecule has 1 aliphatic rings. The average Bonchev–Trinajstić information content (AvgIpc) is 3.01. The van der Waals surface area contributed by atoms with Crippen molar-refractivity contribution in [1.29, 1.82) is 0 Å². The predicted octanol–water partition coefficient (Wildman–Crippen LogP) is 2.27. The first kappa shape index (κ1) is 13.7. The fourth-order valence-electron chi connectivity index (χ4n) is 2.47. The van der Waals surface area contributed by atoms with Gasteiger partial charge < -0.3 is 5.32 Å². The van der Waals surface area contributed by atoms with Crippen molar-refractivity contribution in [3.8, 4) is 0 Å². The molecule has 5 nitrogen and oxygen atoms in total. The van der Waals surface area contributed by atoms with E-state index in [2.05, 4.69) is 38.9 Å². The summed E-state index contributed by atoms with van der Waals surface area (Å²) in [5, 5.41) is 9.36. The molecule has 0 radical (unpaired) electrons. The molecule has 0 bridgehead atoms. The quantitative estimate of drug-likeness (QED) is 0.939. The molecule has 1 aliphatic heterocycles. The minimum Gasteiger partial charge on any atom is -0.307 e. The van der Waals surface area contributed by atoms with Crippen molar-refractivity contribution in [2.24, 2.45) is 0 Å². The molecule has 3 heterocycles. The van der Waals surface area contributed by atoms with Crippen molar-refractivity contribution in [3.63, 3.8) is 0 Å². The third kappa shape index (κ3) is 2.91. The van der Waals surface area contributed by atoms with Gasteiger partial charge in [0.05, 0.1) is 11.6 Å². The zero-order valence-corrected chi connectivity index (χ0v) is 13.1. The standard InChI is InChI=1S/C14H21N5S/c1-9(2)14-17-13-5-4-11(8-19(13)18-14)16-7-12-6-15-10(3)20-12/h6,9,11,16H,4-5,7-8H2,1-3H3/t11-/m1/s1. The molecule has 3 rings (SSSR count). The molecule has 108 valence electrons. The van der Waals surface area contributed by atoms with E-state index in [1.54, 1.807) is 11.3 Å². The highest BCUT2D eigenvalue weighted by Crippen LogP contribution is 2.18. The second-order valence-corrected chi connectivity index (χ2v) is 7.00. The molecule has 0 spiro atoms. The van der Waals surface area contributed by atoms with Gasteiger partial charge in [0.15, 0.2) is 5.82 Å². The lowest BCUT2D eigenvalue weighted by molar-refractivity contribution is 0.358. The van der Waals surface area contributed by atoms with E-state index in [1.807, 2.05) is 13.1 Å². The van der Waals surface area contributed by atoms with E-state index in [1.165, 1.54) is 4.88 Å². The predicted molar refractivity (Wildman–Crippen MR) is 79.9 cm³/mol. The summed E-state index contributed by atoms with van der Waals surface area (Å²) < 4.78 is 2.08. The van der Waals surface area contributed by atoms with Gasteiger partial charge in [-0.2, -0.15) is 5.10 Å². The van der Waals surface area contributed by atoms with Gasteiger partial charge in [0.1, 0.15) is 5.82 Å². The number of aryl methyl sites for hydroxylation is 2. The van der Waals surface area contributed by atoms with Gasteiger partial charge in [-0.05, 0) is 13.3 Å². The van der Waals surface area contributed by atoms with Crippen molar-refractivity contribution >= 4 is 11.3 Å². The van der Waals surface area contributed by atoms with Gasteiger partial charge in [-0.15, -0.1) is 11.3 Å². The van der Waals surface area contributed by atoms with Gasteiger partial charge in [-0.25, -0.2) is 14.6 Å². The van der Waals surface area contributed by atoms with Gasteiger partial charge in [0.25, 0.3) is 0 Å². The molecular formula is C14H21N5S. The highest BCUT2D eigenvalue weighted by molar-refractivity contribution is 7.11. The largest absolute Gasteiger partial charge is 0.307 e. The summed E-state index contributed by atoms with van der Waals surface area (Å²) in [6.45, 7) is 8.15. The molecule has 1 N–H and O–H groups in total. The summed E-state index contributed by atoms with van der Waals surface area (Å²) in [6.07, 6.45) is 4.11. The monoisotopic (exact) mass is 291 g/mol. The Balaban J connectivity index is 1.60. The lowest BCUT2D eigenvalue weighted by Gasteiger charge is -2.23. The maximum absolute atomic E-state index is 4.62. The lowest BCUT2D eigenvalue weighted by Crippen LogP contribution is -2.37. The number of nitrogens with zero attached hydrogens (tertiary/aromatic N) is 4. The van der Waals surface area contributed by atoms with E-state index >= 15 is 0 Å². The Morgan fingerprint density at radius 3 is 3.05 bits per heavy atom. The fraction of sp³-hybridized carbons (Fsp3) is 0.643. The van der Waals surface area contributed by atoms with E-state index in [4.69, 9.17) is 0 Å². The zero-order chi connectivity index (χ0) is 14.1. The van der Waals surface area contributed by atoms with Gasteiger partial charge in [0, 0.05) is 36.0 Å². The number of nitrogens with one attached hydrogen (secondary N) is 1. The summed E-state index contributed by atoms with van der Waals surface area (Å²) in [6, 6.07) is 0.478. The summed E-state index contributed by atoms with van der Waals surface area (Å²) in [4.78, 5) is 10.2. The molecule has 2 aromatic heterocycles. The molecule has 0 saturated carbocycles. The van der Waals surface area contributed by atoms with Crippen LogP contribution in [0.3, 0.4) is 0 Å². The highest BCUT2D eigenvalue weighted by Gasteiger charge is 2.22. The topological polar surface area (TPSA) is 55.6 Å². The molecule has 0 unspecified atom stereocenters.